The van der Waals surface area contributed by atoms with Crippen LogP contribution in [-0.4, -0.2) is 11.1 Å². The second-order valence-electron chi connectivity index (χ2n) is 2.26. The summed E-state index contributed by atoms with van der Waals surface area (Å²) in [6, 6.07) is 6.79. The number of hydrogen-bond acceptors (Lipinski definition) is 1. The quantitative estimate of drug-likeness (QED) is 0.632. The Morgan fingerprint density at radius 2 is 2.27 bits per heavy atom. The van der Waals surface area contributed by atoms with Crippen LogP contribution in [0.4, 0.5) is 0 Å². The van der Waals surface area contributed by atoms with Crippen LogP contribution in [0.25, 0.3) is 0 Å². The van der Waals surface area contributed by atoms with E-state index in [0.29, 0.717) is 12.1 Å². The smallest absolute Gasteiger partial charge is 0.335 e. The topological polar surface area (TPSA) is 64.9 Å². The third-order valence-electron chi connectivity index (χ3n) is 1.46. The highest BCUT2D eigenvalue weighted by atomic mass is 16.4. The number of carbonyl (C=O) groups is 1. The first-order valence-corrected chi connectivity index (χ1v) is 3.35. The zero-order valence-corrected chi connectivity index (χ0v) is 6.08. The lowest BCUT2D eigenvalue weighted by Crippen LogP contribution is -2.47. The summed E-state index contributed by atoms with van der Waals surface area (Å²) in [6.07, 6.45) is 0. The van der Waals surface area contributed by atoms with Crippen LogP contribution in [0.5, 0.6) is 0 Å². The second kappa shape index (κ2) is 3.16. The number of rotatable bonds is 2. The van der Waals surface area contributed by atoms with E-state index in [9.17, 15) is 4.79 Å². The highest BCUT2D eigenvalue weighted by Gasteiger charge is 2.01. The van der Waals surface area contributed by atoms with Crippen molar-refractivity contribution in [2.24, 2.45) is 0 Å². The number of carboxylic acids is 1. The van der Waals surface area contributed by atoms with Crippen molar-refractivity contribution in [1.29, 1.82) is 0 Å². The van der Waals surface area contributed by atoms with Gasteiger partial charge in [0.25, 0.3) is 0 Å². The fourth-order valence-corrected chi connectivity index (χ4v) is 0.860. The van der Waals surface area contributed by atoms with Crippen molar-refractivity contribution >= 4 is 5.97 Å². The summed E-state index contributed by atoms with van der Waals surface area (Å²) in [6.45, 7) is 0.626. The van der Waals surface area contributed by atoms with Crippen LogP contribution in [0.1, 0.15) is 15.9 Å². The Labute approximate surface area is 64.5 Å². The van der Waals surface area contributed by atoms with Crippen molar-refractivity contribution in [3.63, 3.8) is 0 Å². The van der Waals surface area contributed by atoms with Crippen molar-refractivity contribution < 1.29 is 15.6 Å². The molecule has 0 atom stereocenters. The molecular formula is C8H10NO2+. The zero-order chi connectivity index (χ0) is 8.27. The molecule has 0 amide bonds. The molecule has 4 N–H and O–H groups in total. The Kier molecular flexibility index (Phi) is 2.23. The van der Waals surface area contributed by atoms with Crippen molar-refractivity contribution in [3.05, 3.63) is 35.4 Å². The minimum atomic E-state index is -0.889. The average Bonchev–Trinajstić information content (AvgIpc) is 2.05. The largest absolute Gasteiger partial charge is 0.478 e. The third-order valence-corrected chi connectivity index (χ3v) is 1.46. The predicted molar refractivity (Wildman–Crippen MR) is 40.0 cm³/mol. The highest BCUT2D eigenvalue weighted by Crippen LogP contribution is 2.03. The first-order valence-electron chi connectivity index (χ1n) is 3.35. The van der Waals surface area contributed by atoms with Gasteiger partial charge in [0, 0.05) is 5.56 Å². The lowest BCUT2D eigenvalue weighted by Gasteiger charge is -1.95. The van der Waals surface area contributed by atoms with Crippen LogP contribution in [0.15, 0.2) is 24.3 Å². The summed E-state index contributed by atoms with van der Waals surface area (Å²) in [5.74, 6) is -0.889. The van der Waals surface area contributed by atoms with Gasteiger partial charge >= 0.3 is 5.97 Å². The maximum atomic E-state index is 10.4. The van der Waals surface area contributed by atoms with Gasteiger partial charge < -0.3 is 10.8 Å². The van der Waals surface area contributed by atoms with Gasteiger partial charge in [-0.05, 0) is 12.1 Å². The van der Waals surface area contributed by atoms with Gasteiger partial charge in [0.15, 0.2) is 0 Å². The summed E-state index contributed by atoms with van der Waals surface area (Å²) in [5.41, 5.74) is 4.94. The molecule has 0 heterocycles. The molecule has 3 nitrogen and oxygen atoms in total. The molecule has 0 aliphatic carbocycles. The van der Waals surface area contributed by atoms with E-state index in [0.717, 1.165) is 5.56 Å². The maximum absolute atomic E-state index is 10.4. The van der Waals surface area contributed by atoms with E-state index in [4.69, 9.17) is 5.11 Å². The third kappa shape index (κ3) is 1.78. The SMILES string of the molecule is [NH3+]Cc1cccc(C(=O)O)c1. The second-order valence-corrected chi connectivity index (χ2v) is 2.26. The lowest BCUT2D eigenvalue weighted by atomic mass is 10.1. The molecule has 0 spiro atoms. The number of aromatic carboxylic acids is 1. The van der Waals surface area contributed by atoms with E-state index in [1.54, 1.807) is 18.2 Å². The normalized spacial score (nSPS) is 9.55. The molecule has 58 valence electrons. The minimum Gasteiger partial charge on any atom is -0.478 e. The Bertz CT molecular complexity index is 271. The maximum Gasteiger partial charge on any atom is 0.335 e. The molecule has 11 heavy (non-hydrogen) atoms. The van der Waals surface area contributed by atoms with Crippen molar-refractivity contribution in [2.75, 3.05) is 0 Å². The minimum absolute atomic E-state index is 0.325. The van der Waals surface area contributed by atoms with Crippen LogP contribution in [0.2, 0.25) is 0 Å². The fraction of sp³-hybridized carbons (Fsp3) is 0.125. The molecule has 0 aromatic heterocycles. The molecule has 0 saturated carbocycles. The zero-order valence-electron chi connectivity index (χ0n) is 6.08. The van der Waals surface area contributed by atoms with Gasteiger partial charge in [-0.3, -0.25) is 0 Å². The molecule has 3 heteroatoms. The molecule has 0 aliphatic heterocycles. The van der Waals surface area contributed by atoms with Gasteiger partial charge in [-0.1, -0.05) is 12.1 Å². The molecule has 0 saturated heterocycles. The average molecular weight is 152 g/mol. The van der Waals surface area contributed by atoms with Gasteiger partial charge in [-0.2, -0.15) is 0 Å². The fourth-order valence-electron chi connectivity index (χ4n) is 0.860. The van der Waals surface area contributed by atoms with E-state index in [2.05, 4.69) is 5.73 Å². The highest BCUT2D eigenvalue weighted by molar-refractivity contribution is 5.87. The Hall–Kier alpha value is -1.35. The summed E-state index contributed by atoms with van der Waals surface area (Å²) in [7, 11) is 0. The van der Waals surface area contributed by atoms with E-state index in [1.165, 1.54) is 0 Å². The van der Waals surface area contributed by atoms with Crippen molar-refractivity contribution in [2.45, 2.75) is 6.54 Å². The molecule has 0 bridgehead atoms. The van der Waals surface area contributed by atoms with E-state index >= 15 is 0 Å². The van der Waals surface area contributed by atoms with E-state index < -0.39 is 5.97 Å². The van der Waals surface area contributed by atoms with Crippen molar-refractivity contribution in [3.8, 4) is 0 Å². The van der Waals surface area contributed by atoms with Gasteiger partial charge in [0.05, 0.1) is 12.1 Å². The number of quaternary nitrogens is 1. The van der Waals surface area contributed by atoms with E-state index in [1.807, 2.05) is 6.07 Å². The van der Waals surface area contributed by atoms with E-state index in [-0.39, 0.29) is 0 Å². The Morgan fingerprint density at radius 1 is 1.55 bits per heavy atom. The first-order chi connectivity index (χ1) is 5.24. The van der Waals surface area contributed by atoms with Gasteiger partial charge in [-0.25, -0.2) is 4.79 Å². The van der Waals surface area contributed by atoms with Crippen LogP contribution in [0, 0.1) is 0 Å². The van der Waals surface area contributed by atoms with Crippen LogP contribution < -0.4 is 5.73 Å². The summed E-state index contributed by atoms with van der Waals surface area (Å²) in [5, 5.41) is 8.58. The summed E-state index contributed by atoms with van der Waals surface area (Å²) >= 11 is 0. The lowest BCUT2D eigenvalue weighted by molar-refractivity contribution is -0.386. The standard InChI is InChI=1S/C8H9NO2/c9-5-6-2-1-3-7(4-6)8(10)11/h1-4H,5,9H2,(H,10,11)/p+1. The summed E-state index contributed by atoms with van der Waals surface area (Å²) < 4.78 is 0. The van der Waals surface area contributed by atoms with Gasteiger partial charge in [0.1, 0.15) is 0 Å². The number of hydrogen-bond donors (Lipinski definition) is 2. The molecule has 0 radical (unpaired) electrons. The van der Waals surface area contributed by atoms with Gasteiger partial charge in [-0.15, -0.1) is 0 Å². The monoisotopic (exact) mass is 152 g/mol. The number of carboxylic acid groups (broad SMARTS) is 1. The Balaban J connectivity index is 3.01. The molecule has 1 aromatic carbocycles. The molecule has 1 aromatic rings. The van der Waals surface area contributed by atoms with Gasteiger partial charge in [0.2, 0.25) is 0 Å². The molecule has 0 aliphatic rings. The van der Waals surface area contributed by atoms with Crippen LogP contribution >= 0.6 is 0 Å². The first kappa shape index (κ1) is 7.75. The van der Waals surface area contributed by atoms with Crippen LogP contribution in [-0.2, 0) is 6.54 Å². The van der Waals surface area contributed by atoms with Crippen molar-refractivity contribution in [1.82, 2.24) is 0 Å². The Morgan fingerprint density at radius 3 is 2.82 bits per heavy atom. The molecule has 0 unspecified atom stereocenters. The van der Waals surface area contributed by atoms with Crippen LogP contribution in [0.3, 0.4) is 0 Å². The molecular weight excluding hydrogens is 142 g/mol. The molecule has 0 fully saturated rings. The predicted octanol–water partition coefficient (Wildman–Crippen LogP) is 0.127. The summed E-state index contributed by atoms with van der Waals surface area (Å²) in [4.78, 5) is 10.4. The molecule has 1 rings (SSSR count). The number of benzene rings is 1.